The van der Waals surface area contributed by atoms with Gasteiger partial charge in [0.05, 0.1) is 19.8 Å². The molecule has 2 aliphatic heterocycles. The van der Waals surface area contributed by atoms with Crippen molar-refractivity contribution in [2.24, 2.45) is 5.92 Å². The second kappa shape index (κ2) is 4.66. The largest absolute Gasteiger partial charge is 0.468 e. The summed E-state index contributed by atoms with van der Waals surface area (Å²) in [5.74, 6) is -1.32. The third kappa shape index (κ3) is 1.90. The highest BCUT2D eigenvalue weighted by molar-refractivity contribution is 5.99. The van der Waals surface area contributed by atoms with Gasteiger partial charge >= 0.3 is 5.97 Å². The molecule has 3 rings (SSSR count). The van der Waals surface area contributed by atoms with Gasteiger partial charge in [-0.1, -0.05) is 30.3 Å². The van der Waals surface area contributed by atoms with Gasteiger partial charge in [0.25, 0.3) is 0 Å². The van der Waals surface area contributed by atoms with Crippen LogP contribution in [0.2, 0.25) is 0 Å². The van der Waals surface area contributed by atoms with E-state index in [0.29, 0.717) is 13.0 Å². The van der Waals surface area contributed by atoms with E-state index in [9.17, 15) is 9.59 Å². The van der Waals surface area contributed by atoms with E-state index in [-0.39, 0.29) is 18.2 Å². The lowest BCUT2D eigenvalue weighted by atomic mass is 10.1. The van der Waals surface area contributed by atoms with Crippen molar-refractivity contribution in [3.05, 3.63) is 35.9 Å². The van der Waals surface area contributed by atoms with Gasteiger partial charge in [-0.25, -0.2) is 0 Å². The van der Waals surface area contributed by atoms with Crippen molar-refractivity contribution >= 4 is 11.9 Å². The number of fused-ring (bicyclic) bond motifs is 1. The van der Waals surface area contributed by atoms with Crippen LogP contribution in [0, 0.1) is 5.92 Å². The Labute approximate surface area is 111 Å². The zero-order chi connectivity index (χ0) is 13.4. The number of esters is 1. The highest BCUT2D eigenvalue weighted by atomic mass is 16.5. The number of hydrogen-bond acceptors (Lipinski definition) is 4. The second-order valence-electron chi connectivity index (χ2n) is 4.81. The fourth-order valence-corrected chi connectivity index (χ4v) is 2.80. The molecule has 0 saturated carbocycles. The normalized spacial score (nSPS) is 29.4. The summed E-state index contributed by atoms with van der Waals surface area (Å²) in [6.07, 6.45) is 0.0998. The van der Waals surface area contributed by atoms with Gasteiger partial charge in [0.2, 0.25) is 5.91 Å². The van der Waals surface area contributed by atoms with Gasteiger partial charge in [-0.3, -0.25) is 9.59 Å². The van der Waals surface area contributed by atoms with Crippen molar-refractivity contribution in [2.75, 3.05) is 13.7 Å². The maximum Gasteiger partial charge on any atom is 0.318 e. The molecular weight excluding hydrogens is 246 g/mol. The molecule has 19 heavy (non-hydrogen) atoms. The van der Waals surface area contributed by atoms with Gasteiger partial charge < -0.3 is 14.4 Å². The first-order valence-corrected chi connectivity index (χ1v) is 6.29. The summed E-state index contributed by atoms with van der Waals surface area (Å²) in [5, 5.41) is 0. The second-order valence-corrected chi connectivity index (χ2v) is 4.81. The van der Waals surface area contributed by atoms with Crippen molar-refractivity contribution in [3.63, 3.8) is 0 Å². The zero-order valence-corrected chi connectivity index (χ0v) is 10.6. The predicted octanol–water partition coefficient (Wildman–Crippen LogP) is 1.11. The Morgan fingerprint density at radius 2 is 2.11 bits per heavy atom. The lowest BCUT2D eigenvalue weighted by Crippen LogP contribution is -2.34. The van der Waals surface area contributed by atoms with Crippen LogP contribution in [0.15, 0.2) is 30.3 Å². The van der Waals surface area contributed by atoms with Crippen LogP contribution in [0.1, 0.15) is 18.2 Å². The Morgan fingerprint density at radius 3 is 2.79 bits per heavy atom. The Balaban J connectivity index is 1.85. The SMILES string of the molecule is COC(=O)C1C[C@H]2COC(c3ccccc3)N2C1=O. The summed E-state index contributed by atoms with van der Waals surface area (Å²) >= 11 is 0. The fraction of sp³-hybridized carbons (Fsp3) is 0.429. The third-order valence-corrected chi connectivity index (χ3v) is 3.72. The summed E-state index contributed by atoms with van der Waals surface area (Å²) in [6.45, 7) is 0.471. The Morgan fingerprint density at radius 1 is 1.37 bits per heavy atom. The molecule has 5 nitrogen and oxygen atoms in total. The number of hydrogen-bond donors (Lipinski definition) is 0. The first-order chi connectivity index (χ1) is 9.22. The van der Waals surface area contributed by atoms with Crippen LogP contribution in [0.5, 0.6) is 0 Å². The van der Waals surface area contributed by atoms with E-state index in [2.05, 4.69) is 4.74 Å². The monoisotopic (exact) mass is 261 g/mol. The first kappa shape index (κ1) is 12.2. The van der Waals surface area contributed by atoms with E-state index in [0.717, 1.165) is 5.56 Å². The number of ether oxygens (including phenoxy) is 2. The molecule has 0 N–H and O–H groups in total. The highest BCUT2D eigenvalue weighted by Gasteiger charge is 2.51. The van der Waals surface area contributed by atoms with E-state index in [1.165, 1.54) is 7.11 Å². The standard InChI is InChI=1S/C14H15NO4/c1-18-14(17)11-7-10-8-19-13(15(10)12(11)16)9-5-3-2-4-6-9/h2-6,10-11,13H,7-8H2,1H3/t10-,11?,13?/m0/s1. The van der Waals surface area contributed by atoms with Gasteiger partial charge in [0.15, 0.2) is 6.23 Å². The smallest absolute Gasteiger partial charge is 0.318 e. The van der Waals surface area contributed by atoms with E-state index in [4.69, 9.17) is 4.74 Å². The summed E-state index contributed by atoms with van der Waals surface area (Å²) < 4.78 is 10.4. The van der Waals surface area contributed by atoms with Crippen molar-refractivity contribution in [1.82, 2.24) is 4.90 Å². The number of carbonyl (C=O) groups excluding carboxylic acids is 2. The molecule has 1 amide bonds. The molecule has 5 heteroatoms. The molecule has 2 saturated heterocycles. The van der Waals surface area contributed by atoms with Crippen molar-refractivity contribution in [3.8, 4) is 0 Å². The van der Waals surface area contributed by atoms with Gasteiger partial charge in [-0.15, -0.1) is 0 Å². The Bertz CT molecular complexity index is 501. The molecule has 1 aromatic rings. The molecule has 3 atom stereocenters. The summed E-state index contributed by atoms with van der Waals surface area (Å²) in [7, 11) is 1.31. The zero-order valence-electron chi connectivity index (χ0n) is 10.6. The predicted molar refractivity (Wildman–Crippen MR) is 65.9 cm³/mol. The van der Waals surface area contributed by atoms with E-state index < -0.39 is 11.9 Å². The van der Waals surface area contributed by atoms with Gasteiger partial charge in [-0.05, 0) is 6.42 Å². The molecule has 0 aromatic heterocycles. The summed E-state index contributed by atoms with van der Waals surface area (Å²) in [4.78, 5) is 25.6. The Hall–Kier alpha value is -1.88. The van der Waals surface area contributed by atoms with Crippen molar-refractivity contribution < 1.29 is 19.1 Å². The van der Waals surface area contributed by atoms with E-state index in [1.54, 1.807) is 4.90 Å². The van der Waals surface area contributed by atoms with E-state index >= 15 is 0 Å². The lowest BCUT2D eigenvalue weighted by Gasteiger charge is -2.22. The number of benzene rings is 1. The topological polar surface area (TPSA) is 55.8 Å². The van der Waals surface area contributed by atoms with Crippen LogP contribution >= 0.6 is 0 Å². The number of methoxy groups -OCH3 is 1. The molecule has 0 aliphatic carbocycles. The maximum absolute atomic E-state index is 12.3. The minimum Gasteiger partial charge on any atom is -0.468 e. The first-order valence-electron chi connectivity index (χ1n) is 6.29. The number of rotatable bonds is 2. The van der Waals surface area contributed by atoms with Crippen LogP contribution in [-0.2, 0) is 19.1 Å². The third-order valence-electron chi connectivity index (χ3n) is 3.72. The van der Waals surface area contributed by atoms with Crippen molar-refractivity contribution in [1.29, 1.82) is 0 Å². The molecule has 100 valence electrons. The van der Waals surface area contributed by atoms with Crippen LogP contribution in [0.4, 0.5) is 0 Å². The summed E-state index contributed by atoms with van der Waals surface area (Å²) in [5.41, 5.74) is 0.934. The average Bonchev–Trinajstić information content (AvgIpc) is 3.00. The molecule has 2 heterocycles. The van der Waals surface area contributed by atoms with Crippen LogP contribution in [0.3, 0.4) is 0 Å². The lowest BCUT2D eigenvalue weighted by molar-refractivity contribution is -0.152. The summed E-state index contributed by atoms with van der Waals surface area (Å²) in [6, 6.07) is 9.55. The fourth-order valence-electron chi connectivity index (χ4n) is 2.80. The molecule has 2 aliphatic rings. The minimum atomic E-state index is -0.676. The molecule has 0 spiro atoms. The highest BCUT2D eigenvalue weighted by Crippen LogP contribution is 2.39. The molecular formula is C14H15NO4. The van der Waals surface area contributed by atoms with Gasteiger partial charge in [0, 0.05) is 5.56 Å². The van der Waals surface area contributed by atoms with Crippen LogP contribution < -0.4 is 0 Å². The molecule has 0 bridgehead atoms. The number of amides is 1. The van der Waals surface area contributed by atoms with E-state index in [1.807, 2.05) is 30.3 Å². The van der Waals surface area contributed by atoms with Crippen LogP contribution in [0.25, 0.3) is 0 Å². The molecule has 2 unspecified atom stereocenters. The molecule has 2 fully saturated rings. The number of nitrogens with zero attached hydrogens (tertiary/aromatic N) is 1. The molecule has 1 aromatic carbocycles. The Kier molecular flexibility index (Phi) is 2.98. The maximum atomic E-state index is 12.3. The van der Waals surface area contributed by atoms with Crippen LogP contribution in [-0.4, -0.2) is 36.5 Å². The van der Waals surface area contributed by atoms with Crippen molar-refractivity contribution in [2.45, 2.75) is 18.7 Å². The molecule has 0 radical (unpaired) electrons. The van der Waals surface area contributed by atoms with Gasteiger partial charge in [-0.2, -0.15) is 0 Å². The number of carbonyl (C=O) groups is 2. The average molecular weight is 261 g/mol. The quantitative estimate of drug-likeness (QED) is 0.591. The van der Waals surface area contributed by atoms with Gasteiger partial charge in [0.1, 0.15) is 5.92 Å². The minimum absolute atomic E-state index is 0.0261.